The standard InChI is InChI=1S/C19H18ClN3O2S/c1-2-25-12-8-7-11(21-10-12)9-14(20)17-22-18(24)16-13-5-3-4-6-15(13)26-19(16)23-17/h7-10H,2-6H2,1H3,(H,22,23,24)/b14-9-. The second-order valence-corrected chi connectivity index (χ2v) is 7.64. The van der Waals surface area contributed by atoms with Gasteiger partial charge in [-0.1, -0.05) is 11.6 Å². The molecule has 0 bridgehead atoms. The maximum absolute atomic E-state index is 12.6. The molecule has 0 atom stereocenters. The molecule has 134 valence electrons. The molecule has 0 unspecified atom stereocenters. The van der Waals surface area contributed by atoms with Gasteiger partial charge in [-0.05, 0) is 56.4 Å². The van der Waals surface area contributed by atoms with Crippen molar-refractivity contribution in [3.8, 4) is 5.75 Å². The van der Waals surface area contributed by atoms with Gasteiger partial charge >= 0.3 is 0 Å². The molecule has 0 saturated carbocycles. The number of pyridine rings is 1. The lowest BCUT2D eigenvalue weighted by molar-refractivity contribution is 0.339. The van der Waals surface area contributed by atoms with Gasteiger partial charge in [-0.3, -0.25) is 9.78 Å². The van der Waals surface area contributed by atoms with E-state index in [1.165, 1.54) is 16.9 Å². The highest BCUT2D eigenvalue weighted by molar-refractivity contribution is 7.18. The maximum atomic E-state index is 12.6. The summed E-state index contributed by atoms with van der Waals surface area (Å²) in [6, 6.07) is 3.65. The van der Waals surface area contributed by atoms with E-state index in [1.807, 2.05) is 19.1 Å². The summed E-state index contributed by atoms with van der Waals surface area (Å²) in [5, 5.41) is 1.09. The molecule has 7 heteroatoms. The average molecular weight is 388 g/mol. The predicted molar refractivity (Wildman–Crippen MR) is 106 cm³/mol. The Morgan fingerprint density at radius 3 is 3.00 bits per heavy atom. The quantitative estimate of drug-likeness (QED) is 0.720. The van der Waals surface area contributed by atoms with E-state index in [1.54, 1.807) is 23.6 Å². The van der Waals surface area contributed by atoms with Crippen LogP contribution in [0.1, 0.15) is 41.7 Å². The number of halogens is 1. The Morgan fingerprint density at radius 2 is 2.23 bits per heavy atom. The summed E-state index contributed by atoms with van der Waals surface area (Å²) >= 11 is 8.01. The summed E-state index contributed by atoms with van der Waals surface area (Å²) in [5.74, 6) is 1.08. The van der Waals surface area contributed by atoms with E-state index in [0.717, 1.165) is 29.5 Å². The molecule has 0 spiro atoms. The van der Waals surface area contributed by atoms with Gasteiger partial charge in [0.25, 0.3) is 5.56 Å². The van der Waals surface area contributed by atoms with Gasteiger partial charge in [0, 0.05) is 4.88 Å². The van der Waals surface area contributed by atoms with Crippen LogP contribution in [0.25, 0.3) is 21.3 Å². The van der Waals surface area contributed by atoms with Gasteiger partial charge in [0.15, 0.2) is 5.82 Å². The number of thiophene rings is 1. The van der Waals surface area contributed by atoms with Crippen LogP contribution in [0.15, 0.2) is 23.1 Å². The van der Waals surface area contributed by atoms with Gasteiger partial charge in [0.05, 0.1) is 28.9 Å². The maximum Gasteiger partial charge on any atom is 0.260 e. The summed E-state index contributed by atoms with van der Waals surface area (Å²) in [5.41, 5.74) is 1.73. The average Bonchev–Trinajstić information content (AvgIpc) is 3.02. The van der Waals surface area contributed by atoms with Crippen LogP contribution in [-0.2, 0) is 12.8 Å². The fraction of sp³-hybridized carbons (Fsp3) is 0.316. The van der Waals surface area contributed by atoms with Gasteiger partial charge < -0.3 is 9.72 Å². The fourth-order valence-corrected chi connectivity index (χ4v) is 4.67. The van der Waals surface area contributed by atoms with Crippen molar-refractivity contribution >= 4 is 44.3 Å². The molecule has 1 N–H and O–H groups in total. The first-order valence-electron chi connectivity index (χ1n) is 8.66. The molecule has 0 radical (unpaired) electrons. The Balaban J connectivity index is 1.70. The van der Waals surface area contributed by atoms with Crippen molar-refractivity contribution in [1.29, 1.82) is 0 Å². The second kappa shape index (κ2) is 7.21. The molecule has 0 amide bonds. The molecule has 4 rings (SSSR count). The number of H-pyrrole nitrogens is 1. The molecule has 26 heavy (non-hydrogen) atoms. The van der Waals surface area contributed by atoms with Crippen LogP contribution in [-0.4, -0.2) is 21.6 Å². The van der Waals surface area contributed by atoms with Crippen molar-refractivity contribution in [2.24, 2.45) is 0 Å². The van der Waals surface area contributed by atoms with Crippen molar-refractivity contribution < 1.29 is 4.74 Å². The number of aromatic nitrogens is 3. The van der Waals surface area contributed by atoms with Crippen molar-refractivity contribution in [3.05, 3.63) is 50.6 Å². The van der Waals surface area contributed by atoms with Crippen LogP contribution in [0, 0.1) is 0 Å². The molecule has 3 heterocycles. The first-order chi connectivity index (χ1) is 12.7. The van der Waals surface area contributed by atoms with Gasteiger partial charge in [-0.15, -0.1) is 11.3 Å². The highest BCUT2D eigenvalue weighted by Crippen LogP contribution is 2.34. The highest BCUT2D eigenvalue weighted by Gasteiger charge is 2.20. The van der Waals surface area contributed by atoms with Crippen LogP contribution in [0.4, 0.5) is 0 Å². The molecule has 0 aromatic carbocycles. The molecular formula is C19H18ClN3O2S. The van der Waals surface area contributed by atoms with Crippen LogP contribution >= 0.6 is 22.9 Å². The minimum Gasteiger partial charge on any atom is -0.492 e. The molecule has 1 aliphatic carbocycles. The number of rotatable bonds is 4. The lowest BCUT2D eigenvalue weighted by Gasteiger charge is -2.09. The summed E-state index contributed by atoms with van der Waals surface area (Å²) in [7, 11) is 0. The first-order valence-corrected chi connectivity index (χ1v) is 9.86. The SMILES string of the molecule is CCOc1ccc(/C=C(\Cl)c2nc3sc4c(c3c(=O)[nH]2)CCCC4)nc1. The first kappa shape index (κ1) is 17.2. The minimum atomic E-state index is -0.115. The Bertz CT molecular complexity index is 1040. The number of aromatic amines is 1. The van der Waals surface area contributed by atoms with E-state index in [0.29, 0.717) is 28.9 Å². The minimum absolute atomic E-state index is 0.115. The normalized spacial score (nSPS) is 14.5. The monoisotopic (exact) mass is 387 g/mol. The van der Waals surface area contributed by atoms with Crippen molar-refractivity contribution in [1.82, 2.24) is 15.0 Å². The van der Waals surface area contributed by atoms with Crippen molar-refractivity contribution in [2.75, 3.05) is 6.61 Å². The van der Waals surface area contributed by atoms with Crippen LogP contribution in [0.3, 0.4) is 0 Å². The van der Waals surface area contributed by atoms with E-state index in [-0.39, 0.29) is 5.56 Å². The number of nitrogens with zero attached hydrogens (tertiary/aromatic N) is 2. The van der Waals surface area contributed by atoms with Gasteiger partial charge in [-0.2, -0.15) is 0 Å². The lowest BCUT2D eigenvalue weighted by Crippen LogP contribution is -2.12. The topological polar surface area (TPSA) is 67.9 Å². The number of nitrogens with one attached hydrogen (secondary N) is 1. The third-order valence-corrected chi connectivity index (χ3v) is 5.87. The molecule has 5 nitrogen and oxygen atoms in total. The Labute approximate surface area is 159 Å². The zero-order chi connectivity index (χ0) is 18.1. The summed E-state index contributed by atoms with van der Waals surface area (Å²) in [6.45, 7) is 2.51. The molecule has 3 aromatic rings. The fourth-order valence-electron chi connectivity index (χ4n) is 3.20. The van der Waals surface area contributed by atoms with Gasteiger partial charge in [0.1, 0.15) is 10.6 Å². The summed E-state index contributed by atoms with van der Waals surface area (Å²) < 4.78 is 5.38. The number of ether oxygens (including phenoxy) is 1. The summed E-state index contributed by atoms with van der Waals surface area (Å²) in [6.07, 6.45) is 7.63. The van der Waals surface area contributed by atoms with E-state index in [9.17, 15) is 4.79 Å². The number of hydrogen-bond donors (Lipinski definition) is 1. The van der Waals surface area contributed by atoms with Crippen molar-refractivity contribution in [2.45, 2.75) is 32.6 Å². The van der Waals surface area contributed by atoms with E-state index in [2.05, 4.69) is 15.0 Å². The molecule has 0 saturated heterocycles. The largest absolute Gasteiger partial charge is 0.492 e. The lowest BCUT2D eigenvalue weighted by atomic mass is 9.97. The number of fused-ring (bicyclic) bond motifs is 3. The van der Waals surface area contributed by atoms with Crippen LogP contribution in [0.2, 0.25) is 0 Å². The highest BCUT2D eigenvalue weighted by atomic mass is 35.5. The Morgan fingerprint density at radius 1 is 1.38 bits per heavy atom. The molecule has 3 aromatic heterocycles. The van der Waals surface area contributed by atoms with Crippen molar-refractivity contribution in [3.63, 3.8) is 0 Å². The van der Waals surface area contributed by atoms with Crippen LogP contribution in [0.5, 0.6) is 5.75 Å². The Kier molecular flexibility index (Phi) is 4.78. The number of aryl methyl sites for hydroxylation is 2. The van der Waals surface area contributed by atoms with E-state index >= 15 is 0 Å². The predicted octanol–water partition coefficient (Wildman–Crippen LogP) is 4.39. The molecule has 1 aliphatic rings. The molecule has 0 aliphatic heterocycles. The summed E-state index contributed by atoms with van der Waals surface area (Å²) in [4.78, 5) is 26.4. The zero-order valence-corrected chi connectivity index (χ0v) is 15.9. The third-order valence-electron chi connectivity index (χ3n) is 4.40. The van der Waals surface area contributed by atoms with Gasteiger partial charge in [0.2, 0.25) is 0 Å². The zero-order valence-electron chi connectivity index (χ0n) is 14.3. The van der Waals surface area contributed by atoms with E-state index in [4.69, 9.17) is 16.3 Å². The molecular weight excluding hydrogens is 370 g/mol. The number of hydrogen-bond acceptors (Lipinski definition) is 5. The Hall–Kier alpha value is -2.18. The van der Waals surface area contributed by atoms with Crippen LogP contribution < -0.4 is 10.3 Å². The van der Waals surface area contributed by atoms with E-state index < -0.39 is 0 Å². The molecule has 0 fully saturated rings. The van der Waals surface area contributed by atoms with Gasteiger partial charge in [-0.25, -0.2) is 4.98 Å². The second-order valence-electron chi connectivity index (χ2n) is 6.15. The smallest absolute Gasteiger partial charge is 0.260 e. The third kappa shape index (κ3) is 3.27.